The van der Waals surface area contributed by atoms with Crippen LogP contribution in [0.3, 0.4) is 0 Å². The van der Waals surface area contributed by atoms with Gasteiger partial charge in [0.15, 0.2) is 5.82 Å². The molecule has 4 nitrogen and oxygen atoms in total. The highest BCUT2D eigenvalue weighted by atomic mass is 35.5. The molecule has 0 aromatic carbocycles. The van der Waals surface area contributed by atoms with Crippen LogP contribution in [0.15, 0.2) is 4.90 Å². The molecule has 3 rings (SSSR count). The highest BCUT2D eigenvalue weighted by Gasteiger charge is 2.37. The Morgan fingerprint density at radius 2 is 2.18 bits per heavy atom. The van der Waals surface area contributed by atoms with Crippen LogP contribution in [-0.4, -0.2) is 25.8 Å². The summed E-state index contributed by atoms with van der Waals surface area (Å²) in [6.45, 7) is 2.16. The van der Waals surface area contributed by atoms with Gasteiger partial charge in [0.25, 0.3) is 0 Å². The predicted octanol–water partition coefficient (Wildman–Crippen LogP) is 2.15. The van der Waals surface area contributed by atoms with Gasteiger partial charge in [0.05, 0.1) is 0 Å². The van der Waals surface area contributed by atoms with Crippen LogP contribution in [0.5, 0.6) is 0 Å². The number of aryl methyl sites for hydroxylation is 1. The molecule has 0 unspecified atom stereocenters. The Hall–Kier alpha value is -0.520. The SMILES string of the molecule is CC1(Nc2nc(Cl)nc3c2[S@+]([O-])CC3)CCC1. The molecule has 6 heteroatoms. The molecular weight excluding hydrogens is 258 g/mol. The highest BCUT2D eigenvalue weighted by Crippen LogP contribution is 2.38. The highest BCUT2D eigenvalue weighted by molar-refractivity contribution is 7.91. The minimum absolute atomic E-state index is 0.0816. The summed E-state index contributed by atoms with van der Waals surface area (Å²) in [5, 5.41) is 3.64. The quantitative estimate of drug-likeness (QED) is 0.661. The summed E-state index contributed by atoms with van der Waals surface area (Å²) in [6.07, 6.45) is 4.20. The van der Waals surface area contributed by atoms with Gasteiger partial charge in [0.1, 0.15) is 11.4 Å². The summed E-state index contributed by atoms with van der Waals surface area (Å²) in [7, 11) is 0. The van der Waals surface area contributed by atoms with Crippen LogP contribution in [0.4, 0.5) is 5.82 Å². The third-order valence-corrected chi connectivity index (χ3v) is 5.17. The maximum absolute atomic E-state index is 11.9. The van der Waals surface area contributed by atoms with Crippen molar-refractivity contribution >= 4 is 28.6 Å². The number of nitrogens with zero attached hydrogens (tertiary/aromatic N) is 2. The average molecular weight is 272 g/mol. The number of anilines is 1. The number of hydrogen-bond donors (Lipinski definition) is 1. The molecule has 17 heavy (non-hydrogen) atoms. The van der Waals surface area contributed by atoms with Crippen molar-refractivity contribution in [2.45, 2.75) is 43.0 Å². The topological polar surface area (TPSA) is 60.9 Å². The Morgan fingerprint density at radius 3 is 2.82 bits per heavy atom. The van der Waals surface area contributed by atoms with E-state index in [1.807, 2.05) is 0 Å². The minimum Gasteiger partial charge on any atom is -0.611 e. The molecule has 1 fully saturated rings. The molecular formula is C11H14ClN3OS. The van der Waals surface area contributed by atoms with Crippen LogP contribution >= 0.6 is 11.6 Å². The lowest BCUT2D eigenvalue weighted by atomic mass is 9.78. The zero-order chi connectivity index (χ0) is 12.0. The Bertz CT molecular complexity index is 464. The number of nitrogens with one attached hydrogen (secondary N) is 1. The summed E-state index contributed by atoms with van der Waals surface area (Å²) in [6, 6.07) is 0. The van der Waals surface area contributed by atoms with Crippen molar-refractivity contribution in [2.24, 2.45) is 0 Å². The third kappa shape index (κ3) is 2.00. The molecule has 0 bridgehead atoms. The normalized spacial score (nSPS) is 25.2. The van der Waals surface area contributed by atoms with Gasteiger partial charge in [-0.3, -0.25) is 0 Å². The van der Waals surface area contributed by atoms with E-state index in [1.165, 1.54) is 6.42 Å². The lowest BCUT2D eigenvalue weighted by Gasteiger charge is -2.39. The number of hydrogen-bond acceptors (Lipinski definition) is 4. The van der Waals surface area contributed by atoms with Crippen LogP contribution < -0.4 is 5.32 Å². The zero-order valence-electron chi connectivity index (χ0n) is 9.62. The summed E-state index contributed by atoms with van der Waals surface area (Å²) < 4.78 is 11.9. The lowest BCUT2D eigenvalue weighted by molar-refractivity contribution is 0.305. The second kappa shape index (κ2) is 4.00. The molecule has 0 radical (unpaired) electrons. The minimum atomic E-state index is -0.976. The molecule has 1 aromatic heterocycles. The molecule has 92 valence electrons. The fourth-order valence-electron chi connectivity index (χ4n) is 2.37. The molecule has 1 aromatic rings. The molecule has 2 aliphatic rings. The van der Waals surface area contributed by atoms with Gasteiger partial charge in [-0.15, -0.1) is 0 Å². The van der Waals surface area contributed by atoms with Crippen molar-refractivity contribution in [1.82, 2.24) is 9.97 Å². The van der Waals surface area contributed by atoms with Crippen molar-refractivity contribution in [3.63, 3.8) is 0 Å². The second-order valence-corrected chi connectivity index (χ2v) is 6.80. The Balaban J connectivity index is 1.98. The number of rotatable bonds is 2. The van der Waals surface area contributed by atoms with E-state index in [0.717, 1.165) is 29.9 Å². The van der Waals surface area contributed by atoms with Crippen molar-refractivity contribution < 1.29 is 4.55 Å². The molecule has 1 saturated carbocycles. The van der Waals surface area contributed by atoms with E-state index in [9.17, 15) is 4.55 Å². The largest absolute Gasteiger partial charge is 0.611 e. The molecule has 1 N–H and O–H groups in total. The van der Waals surface area contributed by atoms with E-state index in [2.05, 4.69) is 22.2 Å². The van der Waals surface area contributed by atoms with Crippen LogP contribution in [0, 0.1) is 0 Å². The van der Waals surface area contributed by atoms with Crippen LogP contribution in [0.25, 0.3) is 0 Å². The fraction of sp³-hybridized carbons (Fsp3) is 0.636. The maximum atomic E-state index is 11.9. The van der Waals surface area contributed by atoms with Crippen LogP contribution in [0.1, 0.15) is 31.9 Å². The van der Waals surface area contributed by atoms with Crippen LogP contribution in [0.2, 0.25) is 5.28 Å². The van der Waals surface area contributed by atoms with E-state index in [1.54, 1.807) is 0 Å². The van der Waals surface area contributed by atoms with Crippen LogP contribution in [-0.2, 0) is 17.6 Å². The molecule has 0 spiro atoms. The Labute approximate surface area is 108 Å². The third-order valence-electron chi connectivity index (χ3n) is 3.54. The van der Waals surface area contributed by atoms with E-state index in [0.29, 0.717) is 11.6 Å². The van der Waals surface area contributed by atoms with E-state index >= 15 is 0 Å². The van der Waals surface area contributed by atoms with Gasteiger partial charge in [0, 0.05) is 12.0 Å². The lowest BCUT2D eigenvalue weighted by Crippen LogP contribution is -2.42. The molecule has 0 amide bonds. The summed E-state index contributed by atoms with van der Waals surface area (Å²) in [4.78, 5) is 9.14. The summed E-state index contributed by atoms with van der Waals surface area (Å²) >= 11 is 4.93. The zero-order valence-corrected chi connectivity index (χ0v) is 11.2. The molecule has 1 aliphatic heterocycles. The first kappa shape index (κ1) is 11.6. The van der Waals surface area contributed by atoms with Crippen molar-refractivity contribution in [3.8, 4) is 0 Å². The van der Waals surface area contributed by atoms with Gasteiger partial charge < -0.3 is 9.87 Å². The van der Waals surface area contributed by atoms with E-state index < -0.39 is 11.2 Å². The van der Waals surface area contributed by atoms with E-state index in [-0.39, 0.29) is 10.8 Å². The Morgan fingerprint density at radius 1 is 1.41 bits per heavy atom. The molecule has 1 atom stereocenters. The van der Waals surface area contributed by atoms with Gasteiger partial charge in [-0.05, 0) is 49.0 Å². The van der Waals surface area contributed by atoms with Crippen molar-refractivity contribution in [1.29, 1.82) is 0 Å². The summed E-state index contributed by atoms with van der Waals surface area (Å²) in [5.41, 5.74) is 0.923. The predicted molar refractivity (Wildman–Crippen MR) is 67.9 cm³/mol. The molecule has 0 saturated heterocycles. The standard InChI is InChI=1S/C11H14ClN3OS/c1-11(4-2-5-11)15-9-8-7(3-6-17(8)16)13-10(12)14-9/h2-6H2,1H3,(H,13,14,15)/t17-/m1/s1. The van der Waals surface area contributed by atoms with Crippen molar-refractivity contribution in [3.05, 3.63) is 11.0 Å². The van der Waals surface area contributed by atoms with E-state index in [4.69, 9.17) is 11.6 Å². The number of fused-ring (bicyclic) bond motifs is 1. The summed E-state index contributed by atoms with van der Waals surface area (Å²) in [5.74, 6) is 1.31. The molecule has 2 heterocycles. The monoisotopic (exact) mass is 271 g/mol. The first-order chi connectivity index (χ1) is 8.07. The molecule has 1 aliphatic carbocycles. The smallest absolute Gasteiger partial charge is 0.224 e. The van der Waals surface area contributed by atoms with Gasteiger partial charge in [-0.2, -0.15) is 4.98 Å². The van der Waals surface area contributed by atoms with Gasteiger partial charge >= 0.3 is 0 Å². The van der Waals surface area contributed by atoms with Gasteiger partial charge in [0.2, 0.25) is 10.2 Å². The first-order valence-electron chi connectivity index (χ1n) is 5.80. The second-order valence-electron chi connectivity index (χ2n) is 4.96. The fourth-order valence-corrected chi connectivity index (χ4v) is 3.86. The maximum Gasteiger partial charge on any atom is 0.224 e. The van der Waals surface area contributed by atoms with Gasteiger partial charge in [-0.1, -0.05) is 0 Å². The van der Waals surface area contributed by atoms with Crippen molar-refractivity contribution in [2.75, 3.05) is 11.1 Å². The Kier molecular flexibility index (Phi) is 2.72. The average Bonchev–Trinajstić information content (AvgIpc) is 2.58. The van der Waals surface area contributed by atoms with Gasteiger partial charge in [-0.25, -0.2) is 4.98 Å². The number of halogens is 1. The first-order valence-corrected chi connectivity index (χ1v) is 7.50. The number of aromatic nitrogens is 2.